The highest BCUT2D eigenvalue weighted by Crippen LogP contribution is 2.01. The van der Waals surface area contributed by atoms with Gasteiger partial charge in [-0.05, 0) is 18.6 Å². The van der Waals surface area contributed by atoms with Crippen LogP contribution in [-0.4, -0.2) is 17.4 Å². The molecule has 0 aliphatic rings. The summed E-state index contributed by atoms with van der Waals surface area (Å²) in [6.07, 6.45) is 2.95. The minimum atomic E-state index is -0.679. The maximum atomic E-state index is 10.9. The summed E-state index contributed by atoms with van der Waals surface area (Å²) < 4.78 is 4.12. The Bertz CT molecular complexity index is 309. The normalized spacial score (nSPS) is 9.08. The van der Waals surface area contributed by atoms with E-state index in [1.807, 2.05) is 0 Å². The van der Waals surface area contributed by atoms with Crippen molar-refractivity contribution in [3.05, 3.63) is 29.6 Å². The molecular weight excluding hydrogens is 158 g/mol. The molecule has 1 heterocycles. The summed E-state index contributed by atoms with van der Waals surface area (Å²) in [4.78, 5) is 24.5. The molecular formula is C8H7NO3. The highest BCUT2D eigenvalue weighted by atomic mass is 16.6. The third-order valence-electron chi connectivity index (χ3n) is 1.27. The summed E-state index contributed by atoms with van der Waals surface area (Å²) >= 11 is 0. The Balaban J connectivity index is 2.87. The van der Waals surface area contributed by atoms with Crippen LogP contribution < -0.4 is 0 Å². The molecule has 1 rings (SSSR count). The average molecular weight is 165 g/mol. The molecule has 12 heavy (non-hydrogen) atoms. The van der Waals surface area contributed by atoms with E-state index >= 15 is 0 Å². The SMILES string of the molecule is Cc1cncc(C(=O)OC=O)c1. The number of nitrogens with zero attached hydrogens (tertiary/aromatic N) is 1. The van der Waals surface area contributed by atoms with Crippen molar-refractivity contribution in [1.82, 2.24) is 4.98 Å². The minimum Gasteiger partial charge on any atom is -0.392 e. The number of esters is 1. The molecule has 0 aliphatic carbocycles. The van der Waals surface area contributed by atoms with Crippen LogP contribution in [-0.2, 0) is 9.53 Å². The number of carbonyl (C=O) groups excluding carboxylic acids is 2. The van der Waals surface area contributed by atoms with Crippen LogP contribution in [0.4, 0.5) is 0 Å². The van der Waals surface area contributed by atoms with Gasteiger partial charge in [0.15, 0.2) is 0 Å². The summed E-state index contributed by atoms with van der Waals surface area (Å²) in [5.41, 5.74) is 1.12. The minimum absolute atomic E-state index is 0.102. The quantitative estimate of drug-likeness (QED) is 0.368. The van der Waals surface area contributed by atoms with E-state index in [-0.39, 0.29) is 12.0 Å². The van der Waals surface area contributed by atoms with Crippen LogP contribution in [0.3, 0.4) is 0 Å². The van der Waals surface area contributed by atoms with Crippen molar-refractivity contribution in [1.29, 1.82) is 0 Å². The van der Waals surface area contributed by atoms with Crippen molar-refractivity contribution in [2.45, 2.75) is 6.92 Å². The molecule has 0 aliphatic heterocycles. The third kappa shape index (κ3) is 1.88. The Morgan fingerprint density at radius 3 is 2.92 bits per heavy atom. The van der Waals surface area contributed by atoms with Gasteiger partial charge in [0.1, 0.15) is 0 Å². The summed E-state index contributed by atoms with van der Waals surface area (Å²) in [5, 5.41) is 0. The molecule has 0 bridgehead atoms. The van der Waals surface area contributed by atoms with E-state index < -0.39 is 5.97 Å². The van der Waals surface area contributed by atoms with E-state index in [9.17, 15) is 9.59 Å². The van der Waals surface area contributed by atoms with Gasteiger partial charge in [0.05, 0.1) is 5.56 Å². The molecule has 0 aromatic carbocycles. The summed E-state index contributed by atoms with van der Waals surface area (Å²) in [6, 6.07) is 1.60. The molecule has 4 nitrogen and oxygen atoms in total. The van der Waals surface area contributed by atoms with Crippen molar-refractivity contribution < 1.29 is 14.3 Å². The van der Waals surface area contributed by atoms with Crippen molar-refractivity contribution >= 4 is 12.4 Å². The van der Waals surface area contributed by atoms with Crippen LogP contribution in [0.2, 0.25) is 0 Å². The van der Waals surface area contributed by atoms with Crippen LogP contribution >= 0.6 is 0 Å². The van der Waals surface area contributed by atoms with Crippen molar-refractivity contribution in [2.24, 2.45) is 0 Å². The molecule has 1 aromatic rings. The molecule has 0 saturated carbocycles. The maximum absolute atomic E-state index is 10.9. The molecule has 0 fully saturated rings. The van der Waals surface area contributed by atoms with Gasteiger partial charge in [-0.2, -0.15) is 0 Å². The second kappa shape index (κ2) is 3.61. The molecule has 1 aromatic heterocycles. The lowest BCUT2D eigenvalue weighted by molar-refractivity contribution is -0.123. The van der Waals surface area contributed by atoms with Gasteiger partial charge in [0, 0.05) is 12.4 Å². The first-order chi connectivity index (χ1) is 5.74. The topological polar surface area (TPSA) is 56.3 Å². The number of pyridine rings is 1. The van der Waals surface area contributed by atoms with E-state index in [0.717, 1.165) is 5.56 Å². The molecule has 0 unspecified atom stereocenters. The Morgan fingerprint density at radius 1 is 1.58 bits per heavy atom. The fourth-order valence-electron chi connectivity index (χ4n) is 0.778. The predicted octanol–water partition coefficient (Wildman–Crippen LogP) is 0.703. The molecule has 0 atom stereocenters. The standard InChI is InChI=1S/C8H7NO3/c1-6-2-7(4-9-3-6)8(11)12-5-10/h2-5H,1H3. The number of hydrogen-bond acceptors (Lipinski definition) is 4. The molecule has 0 radical (unpaired) electrons. The van der Waals surface area contributed by atoms with E-state index in [1.54, 1.807) is 19.2 Å². The zero-order valence-corrected chi connectivity index (χ0v) is 6.48. The molecule has 0 saturated heterocycles. The van der Waals surface area contributed by atoms with Gasteiger partial charge in [-0.3, -0.25) is 9.78 Å². The van der Waals surface area contributed by atoms with Crippen molar-refractivity contribution in [3.63, 3.8) is 0 Å². The fraction of sp³-hybridized carbons (Fsp3) is 0.125. The summed E-state index contributed by atoms with van der Waals surface area (Å²) in [6.45, 7) is 1.90. The smallest absolute Gasteiger partial charge is 0.347 e. The Labute approximate surface area is 69.2 Å². The van der Waals surface area contributed by atoms with Gasteiger partial charge in [0.25, 0.3) is 0 Å². The predicted molar refractivity (Wildman–Crippen MR) is 40.5 cm³/mol. The maximum Gasteiger partial charge on any atom is 0.347 e. The van der Waals surface area contributed by atoms with Crippen LogP contribution in [0.1, 0.15) is 15.9 Å². The van der Waals surface area contributed by atoms with Gasteiger partial charge in [0.2, 0.25) is 0 Å². The lowest BCUT2D eigenvalue weighted by Gasteiger charge is -1.96. The monoisotopic (exact) mass is 165 g/mol. The molecule has 0 amide bonds. The largest absolute Gasteiger partial charge is 0.392 e. The number of rotatable bonds is 2. The average Bonchev–Trinajstić information content (AvgIpc) is 2.05. The van der Waals surface area contributed by atoms with Gasteiger partial charge < -0.3 is 4.74 Å². The number of aromatic nitrogens is 1. The van der Waals surface area contributed by atoms with Crippen LogP contribution in [0, 0.1) is 6.92 Å². The van der Waals surface area contributed by atoms with Gasteiger partial charge in [-0.25, -0.2) is 4.79 Å². The van der Waals surface area contributed by atoms with E-state index in [0.29, 0.717) is 0 Å². The first-order valence-corrected chi connectivity index (χ1v) is 3.30. The lowest BCUT2D eigenvalue weighted by Crippen LogP contribution is -2.03. The van der Waals surface area contributed by atoms with Gasteiger partial charge in [-0.1, -0.05) is 0 Å². The van der Waals surface area contributed by atoms with E-state index in [2.05, 4.69) is 9.72 Å². The molecule has 62 valence electrons. The van der Waals surface area contributed by atoms with Crippen molar-refractivity contribution in [2.75, 3.05) is 0 Å². The van der Waals surface area contributed by atoms with Crippen LogP contribution in [0.25, 0.3) is 0 Å². The van der Waals surface area contributed by atoms with E-state index in [4.69, 9.17) is 0 Å². The number of carbonyl (C=O) groups is 2. The third-order valence-corrected chi connectivity index (χ3v) is 1.27. The number of aryl methyl sites for hydroxylation is 1. The lowest BCUT2D eigenvalue weighted by atomic mass is 10.2. The van der Waals surface area contributed by atoms with Crippen LogP contribution in [0.15, 0.2) is 18.5 Å². The van der Waals surface area contributed by atoms with Gasteiger partial charge >= 0.3 is 12.4 Å². The highest BCUT2D eigenvalue weighted by molar-refractivity contribution is 5.92. The first kappa shape index (κ1) is 8.39. The van der Waals surface area contributed by atoms with Crippen molar-refractivity contribution in [3.8, 4) is 0 Å². The van der Waals surface area contributed by atoms with Gasteiger partial charge in [-0.15, -0.1) is 0 Å². The zero-order valence-electron chi connectivity index (χ0n) is 6.48. The summed E-state index contributed by atoms with van der Waals surface area (Å²) in [7, 11) is 0. The Morgan fingerprint density at radius 2 is 2.33 bits per heavy atom. The summed E-state index contributed by atoms with van der Waals surface area (Å²) in [5.74, 6) is -0.679. The van der Waals surface area contributed by atoms with E-state index in [1.165, 1.54) is 6.20 Å². The highest BCUT2D eigenvalue weighted by Gasteiger charge is 2.05. The number of ether oxygens (including phenoxy) is 1. The molecule has 0 spiro atoms. The second-order valence-electron chi connectivity index (χ2n) is 2.25. The second-order valence-corrected chi connectivity index (χ2v) is 2.25. The Hall–Kier alpha value is -1.71. The zero-order chi connectivity index (χ0) is 8.97. The molecule has 0 N–H and O–H groups in total. The molecule has 4 heteroatoms. The Kier molecular flexibility index (Phi) is 2.53. The first-order valence-electron chi connectivity index (χ1n) is 3.30. The fourth-order valence-corrected chi connectivity index (χ4v) is 0.778. The number of hydrogen-bond donors (Lipinski definition) is 0. The van der Waals surface area contributed by atoms with Crippen LogP contribution in [0.5, 0.6) is 0 Å².